The van der Waals surface area contributed by atoms with Crippen molar-refractivity contribution in [2.24, 2.45) is 0 Å². The molecule has 2 atom stereocenters. The molecule has 0 aliphatic rings. The van der Waals surface area contributed by atoms with Crippen LogP contribution in [0.5, 0.6) is 0 Å². The van der Waals surface area contributed by atoms with E-state index in [0.717, 1.165) is 28.3 Å². The van der Waals surface area contributed by atoms with Gasteiger partial charge in [0.25, 0.3) is 11.8 Å². The number of likely N-dealkylation sites (N-methyl/N-ethyl adjacent to an activating group) is 1. The highest BCUT2D eigenvalue weighted by Crippen LogP contribution is 2.17. The predicted octanol–water partition coefficient (Wildman–Crippen LogP) is 2.85. The molecule has 2 aromatic rings. The average molecular weight is 383 g/mol. The standard InChI is InChI=1S/C23H31N3O2/c1-6-18-9-7-8-10-21(18)25-22(27)15-26(5)17(4)23(28)24-20-13-11-19(12-14-20)16(2)3/h7-14,16-17H,6,15H2,1-5H3,(H,24,28)(H,25,27)/p+1/t17-/m0/s1. The van der Waals surface area contributed by atoms with Gasteiger partial charge >= 0.3 is 0 Å². The molecule has 0 fully saturated rings. The van der Waals surface area contributed by atoms with Gasteiger partial charge in [0.15, 0.2) is 12.6 Å². The van der Waals surface area contributed by atoms with Crippen LogP contribution in [0.1, 0.15) is 44.7 Å². The van der Waals surface area contributed by atoms with Gasteiger partial charge in [-0.3, -0.25) is 9.59 Å². The minimum absolute atomic E-state index is 0.0978. The van der Waals surface area contributed by atoms with Crippen molar-refractivity contribution in [2.45, 2.75) is 46.1 Å². The Hall–Kier alpha value is -2.66. The van der Waals surface area contributed by atoms with Gasteiger partial charge in [-0.2, -0.15) is 0 Å². The SMILES string of the molecule is CCc1ccccc1NC(=O)C[NH+](C)[C@@H](C)C(=O)Nc1ccc(C(C)C)cc1. The van der Waals surface area contributed by atoms with E-state index in [1.165, 1.54) is 5.56 Å². The first kappa shape index (κ1) is 21.6. The minimum Gasteiger partial charge on any atom is -0.321 e. The molecule has 2 rings (SSSR count). The number of carbonyl (C=O) groups is 2. The molecule has 3 N–H and O–H groups in total. The highest BCUT2D eigenvalue weighted by atomic mass is 16.2. The summed E-state index contributed by atoms with van der Waals surface area (Å²) in [5, 5.41) is 5.90. The number of carbonyl (C=O) groups excluding carboxylic acids is 2. The number of quaternary nitrogens is 1. The third kappa shape index (κ3) is 5.92. The second-order valence-corrected chi connectivity index (χ2v) is 7.57. The number of hydrogen-bond donors (Lipinski definition) is 3. The van der Waals surface area contributed by atoms with E-state index >= 15 is 0 Å². The lowest BCUT2D eigenvalue weighted by molar-refractivity contribution is -0.885. The molecule has 1 unspecified atom stereocenters. The fourth-order valence-corrected chi connectivity index (χ4v) is 2.98. The van der Waals surface area contributed by atoms with Crippen molar-refractivity contribution in [3.8, 4) is 0 Å². The monoisotopic (exact) mass is 382 g/mol. The van der Waals surface area contributed by atoms with E-state index in [4.69, 9.17) is 0 Å². The molecule has 0 saturated heterocycles. The Labute approximate surface area is 168 Å². The molecule has 0 aliphatic heterocycles. The van der Waals surface area contributed by atoms with Crippen molar-refractivity contribution in [2.75, 3.05) is 24.2 Å². The van der Waals surface area contributed by atoms with Crippen LogP contribution < -0.4 is 15.5 Å². The summed E-state index contributed by atoms with van der Waals surface area (Å²) in [6, 6.07) is 15.3. The Bertz CT molecular complexity index is 800. The van der Waals surface area contributed by atoms with Crippen LogP contribution in [0.25, 0.3) is 0 Å². The normalized spacial score (nSPS) is 13.1. The first-order valence-corrected chi connectivity index (χ1v) is 9.92. The maximum atomic E-state index is 12.5. The topological polar surface area (TPSA) is 62.6 Å². The highest BCUT2D eigenvalue weighted by molar-refractivity contribution is 5.94. The average Bonchev–Trinajstić information content (AvgIpc) is 2.68. The van der Waals surface area contributed by atoms with Crippen LogP contribution in [0.2, 0.25) is 0 Å². The molecular weight excluding hydrogens is 350 g/mol. The molecule has 0 aromatic heterocycles. The second-order valence-electron chi connectivity index (χ2n) is 7.57. The zero-order valence-corrected chi connectivity index (χ0v) is 17.5. The van der Waals surface area contributed by atoms with Gasteiger partial charge in [0.2, 0.25) is 0 Å². The molecule has 0 aliphatic carbocycles. The number of nitrogens with one attached hydrogen (secondary N) is 3. The summed E-state index contributed by atoms with van der Waals surface area (Å²) in [6.45, 7) is 8.39. The van der Waals surface area contributed by atoms with Crippen LogP contribution in [0.3, 0.4) is 0 Å². The Balaban J connectivity index is 1.90. The third-order valence-electron chi connectivity index (χ3n) is 5.09. The largest absolute Gasteiger partial charge is 0.321 e. The number of amides is 2. The van der Waals surface area contributed by atoms with E-state index in [9.17, 15) is 9.59 Å². The third-order valence-corrected chi connectivity index (χ3v) is 5.09. The zero-order valence-electron chi connectivity index (χ0n) is 17.5. The van der Waals surface area contributed by atoms with E-state index < -0.39 is 0 Å². The maximum absolute atomic E-state index is 12.5. The minimum atomic E-state index is -0.350. The van der Waals surface area contributed by atoms with Crippen LogP contribution >= 0.6 is 0 Å². The Morgan fingerprint density at radius 2 is 1.61 bits per heavy atom. The molecule has 2 aromatic carbocycles. The number of anilines is 2. The lowest BCUT2D eigenvalue weighted by atomic mass is 10.0. The molecule has 5 heteroatoms. The fourth-order valence-electron chi connectivity index (χ4n) is 2.98. The van der Waals surface area contributed by atoms with E-state index in [1.54, 1.807) is 0 Å². The van der Waals surface area contributed by atoms with Crippen molar-refractivity contribution in [1.82, 2.24) is 0 Å². The Morgan fingerprint density at radius 3 is 2.21 bits per heavy atom. The van der Waals surface area contributed by atoms with Crippen LogP contribution in [0, 0.1) is 0 Å². The molecule has 5 nitrogen and oxygen atoms in total. The predicted molar refractivity (Wildman–Crippen MR) is 115 cm³/mol. The van der Waals surface area contributed by atoms with Gasteiger partial charge in [-0.15, -0.1) is 0 Å². The van der Waals surface area contributed by atoms with Crippen molar-refractivity contribution < 1.29 is 14.5 Å². The van der Waals surface area contributed by atoms with Crippen LogP contribution in [-0.2, 0) is 16.0 Å². The molecule has 28 heavy (non-hydrogen) atoms. The summed E-state index contributed by atoms with van der Waals surface area (Å²) in [7, 11) is 1.86. The van der Waals surface area contributed by atoms with Crippen LogP contribution in [-0.4, -0.2) is 31.4 Å². The summed E-state index contributed by atoms with van der Waals surface area (Å²) in [6.07, 6.45) is 0.855. The number of benzene rings is 2. The number of para-hydroxylation sites is 1. The maximum Gasteiger partial charge on any atom is 0.282 e. The number of hydrogen-bond acceptors (Lipinski definition) is 2. The van der Waals surface area contributed by atoms with Crippen molar-refractivity contribution in [3.63, 3.8) is 0 Å². The summed E-state index contributed by atoms with van der Waals surface area (Å²) in [4.78, 5) is 25.8. The second kappa shape index (κ2) is 10.0. The smallest absolute Gasteiger partial charge is 0.282 e. The lowest BCUT2D eigenvalue weighted by Crippen LogP contribution is -3.14. The lowest BCUT2D eigenvalue weighted by Gasteiger charge is -2.21. The van der Waals surface area contributed by atoms with E-state index in [-0.39, 0.29) is 24.4 Å². The van der Waals surface area contributed by atoms with E-state index in [2.05, 4.69) is 31.4 Å². The van der Waals surface area contributed by atoms with Gasteiger partial charge in [0, 0.05) is 11.4 Å². The summed E-state index contributed by atoms with van der Waals surface area (Å²) < 4.78 is 0. The van der Waals surface area contributed by atoms with Gasteiger partial charge in [-0.05, 0) is 48.6 Å². The first-order chi connectivity index (χ1) is 13.3. The van der Waals surface area contributed by atoms with Gasteiger partial charge in [0.05, 0.1) is 7.05 Å². The van der Waals surface area contributed by atoms with Crippen molar-refractivity contribution in [1.29, 1.82) is 0 Å². The quantitative estimate of drug-likeness (QED) is 0.657. The number of aryl methyl sites for hydroxylation is 1. The van der Waals surface area contributed by atoms with Crippen LogP contribution in [0.4, 0.5) is 11.4 Å². The summed E-state index contributed by atoms with van der Waals surface area (Å²) in [5.74, 6) is 0.256. The molecule has 150 valence electrons. The highest BCUT2D eigenvalue weighted by Gasteiger charge is 2.24. The zero-order chi connectivity index (χ0) is 20.7. The van der Waals surface area contributed by atoms with Crippen molar-refractivity contribution >= 4 is 23.2 Å². The summed E-state index contributed by atoms with van der Waals surface area (Å²) >= 11 is 0. The molecule has 2 amide bonds. The van der Waals surface area contributed by atoms with Crippen LogP contribution in [0.15, 0.2) is 48.5 Å². The van der Waals surface area contributed by atoms with E-state index in [0.29, 0.717) is 5.92 Å². The molecule has 0 radical (unpaired) electrons. The first-order valence-electron chi connectivity index (χ1n) is 9.92. The van der Waals surface area contributed by atoms with Gasteiger partial charge in [-0.25, -0.2) is 0 Å². The fraction of sp³-hybridized carbons (Fsp3) is 0.391. The molecular formula is C23H32N3O2+. The number of rotatable bonds is 8. The molecule has 0 bridgehead atoms. The van der Waals surface area contributed by atoms with Gasteiger partial charge < -0.3 is 15.5 Å². The molecule has 0 heterocycles. The summed E-state index contributed by atoms with van der Waals surface area (Å²) in [5.41, 5.74) is 3.95. The molecule has 0 saturated carbocycles. The Morgan fingerprint density at radius 1 is 0.964 bits per heavy atom. The van der Waals surface area contributed by atoms with E-state index in [1.807, 2.05) is 62.5 Å². The Kier molecular flexibility index (Phi) is 7.76. The van der Waals surface area contributed by atoms with Gasteiger partial charge in [-0.1, -0.05) is 51.1 Å². The molecule has 0 spiro atoms. The van der Waals surface area contributed by atoms with Crippen molar-refractivity contribution in [3.05, 3.63) is 59.7 Å². The van der Waals surface area contributed by atoms with Gasteiger partial charge in [0.1, 0.15) is 0 Å².